The molecule has 0 N–H and O–H groups in total. The highest BCUT2D eigenvalue weighted by Crippen LogP contribution is 2.22. The van der Waals surface area contributed by atoms with E-state index < -0.39 is 0 Å². The van der Waals surface area contributed by atoms with Gasteiger partial charge >= 0.3 is 0 Å². The Labute approximate surface area is 111 Å². The number of benzene rings is 2. The average molecular weight is 285 g/mol. The minimum Gasteiger partial charge on any atom is -0.0970 e. The van der Waals surface area contributed by atoms with E-state index in [9.17, 15) is 0 Å². The lowest BCUT2D eigenvalue weighted by Crippen LogP contribution is -1.83. The standard InChI is InChI=1S/C16H13Br/c17-13-7-6-11-15-10-4-5-12-16(15)14-8-2-1-3-9-14/h1-5,8-10,12H,7,13H2. The summed E-state index contributed by atoms with van der Waals surface area (Å²) in [4.78, 5) is 0. The summed E-state index contributed by atoms with van der Waals surface area (Å²) in [5.41, 5.74) is 3.52. The summed E-state index contributed by atoms with van der Waals surface area (Å²) in [6.07, 6.45) is 0.878. The third-order valence-electron chi connectivity index (χ3n) is 2.45. The van der Waals surface area contributed by atoms with Crippen LogP contribution in [0.25, 0.3) is 11.1 Å². The molecule has 0 fully saturated rings. The van der Waals surface area contributed by atoms with Crippen molar-refractivity contribution >= 4 is 15.9 Å². The Bertz CT molecular complexity index is 532. The molecular weight excluding hydrogens is 272 g/mol. The molecule has 2 aromatic carbocycles. The monoisotopic (exact) mass is 284 g/mol. The van der Waals surface area contributed by atoms with E-state index in [1.807, 2.05) is 12.1 Å². The van der Waals surface area contributed by atoms with Crippen molar-refractivity contribution in [3.63, 3.8) is 0 Å². The second-order valence-corrected chi connectivity index (χ2v) is 4.45. The van der Waals surface area contributed by atoms with E-state index in [-0.39, 0.29) is 0 Å². The van der Waals surface area contributed by atoms with Crippen LogP contribution in [0.1, 0.15) is 12.0 Å². The fraction of sp³-hybridized carbons (Fsp3) is 0.125. The highest BCUT2D eigenvalue weighted by atomic mass is 79.9. The molecule has 0 spiro atoms. The summed E-state index contributed by atoms with van der Waals surface area (Å²) in [6.45, 7) is 0. The maximum atomic E-state index is 3.38. The van der Waals surface area contributed by atoms with Gasteiger partial charge in [-0.3, -0.25) is 0 Å². The second-order valence-electron chi connectivity index (χ2n) is 3.65. The molecule has 0 atom stereocenters. The predicted octanol–water partition coefficient (Wildman–Crippen LogP) is 4.49. The number of alkyl halides is 1. The quantitative estimate of drug-likeness (QED) is 0.563. The van der Waals surface area contributed by atoms with Crippen molar-refractivity contribution in [1.29, 1.82) is 0 Å². The van der Waals surface area contributed by atoms with Gasteiger partial charge in [-0.15, -0.1) is 0 Å². The maximum absolute atomic E-state index is 3.38. The van der Waals surface area contributed by atoms with Crippen LogP contribution in [0.4, 0.5) is 0 Å². The zero-order valence-corrected chi connectivity index (χ0v) is 11.1. The maximum Gasteiger partial charge on any atom is 0.0323 e. The van der Waals surface area contributed by atoms with Crippen LogP contribution in [0.2, 0.25) is 0 Å². The molecule has 0 saturated heterocycles. The van der Waals surface area contributed by atoms with Gasteiger partial charge in [-0.2, -0.15) is 0 Å². The summed E-state index contributed by atoms with van der Waals surface area (Å²) < 4.78 is 0. The van der Waals surface area contributed by atoms with Gasteiger partial charge in [-0.05, 0) is 17.2 Å². The van der Waals surface area contributed by atoms with Crippen molar-refractivity contribution in [2.75, 3.05) is 5.33 Å². The minimum absolute atomic E-state index is 0.878. The van der Waals surface area contributed by atoms with Gasteiger partial charge in [-0.25, -0.2) is 0 Å². The Morgan fingerprint density at radius 2 is 1.59 bits per heavy atom. The van der Waals surface area contributed by atoms with Gasteiger partial charge in [0.1, 0.15) is 0 Å². The topological polar surface area (TPSA) is 0 Å². The van der Waals surface area contributed by atoms with Crippen molar-refractivity contribution in [2.45, 2.75) is 6.42 Å². The smallest absolute Gasteiger partial charge is 0.0323 e. The first-order valence-electron chi connectivity index (χ1n) is 5.61. The van der Waals surface area contributed by atoms with Crippen LogP contribution in [0.3, 0.4) is 0 Å². The molecule has 0 aliphatic carbocycles. The third-order valence-corrected chi connectivity index (χ3v) is 2.85. The van der Waals surface area contributed by atoms with Crippen LogP contribution in [-0.2, 0) is 0 Å². The van der Waals surface area contributed by atoms with E-state index in [1.54, 1.807) is 0 Å². The molecule has 2 aromatic rings. The Kier molecular flexibility index (Phi) is 4.41. The summed E-state index contributed by atoms with van der Waals surface area (Å²) in [6, 6.07) is 18.6. The number of rotatable bonds is 2. The van der Waals surface area contributed by atoms with Gasteiger partial charge in [0.05, 0.1) is 0 Å². The molecule has 0 radical (unpaired) electrons. The molecule has 0 aliphatic heterocycles. The van der Waals surface area contributed by atoms with Crippen LogP contribution in [0.5, 0.6) is 0 Å². The molecule has 0 heterocycles. The third kappa shape index (κ3) is 3.22. The van der Waals surface area contributed by atoms with Crippen molar-refractivity contribution in [3.8, 4) is 23.0 Å². The van der Waals surface area contributed by atoms with Gasteiger partial charge in [0, 0.05) is 17.3 Å². The number of halogens is 1. The van der Waals surface area contributed by atoms with Crippen molar-refractivity contribution in [1.82, 2.24) is 0 Å². The summed E-state index contributed by atoms with van der Waals surface area (Å²) >= 11 is 3.38. The zero-order valence-electron chi connectivity index (χ0n) is 9.49. The van der Waals surface area contributed by atoms with Crippen molar-refractivity contribution in [3.05, 3.63) is 60.2 Å². The molecule has 1 heteroatoms. The largest absolute Gasteiger partial charge is 0.0970 e. The molecule has 0 bridgehead atoms. The molecule has 17 heavy (non-hydrogen) atoms. The van der Waals surface area contributed by atoms with E-state index in [1.165, 1.54) is 11.1 Å². The second kappa shape index (κ2) is 6.27. The van der Waals surface area contributed by atoms with Crippen LogP contribution < -0.4 is 0 Å². The first-order valence-corrected chi connectivity index (χ1v) is 6.73. The molecular formula is C16H13Br. The van der Waals surface area contributed by atoms with Crippen LogP contribution in [0.15, 0.2) is 54.6 Å². The van der Waals surface area contributed by atoms with Crippen LogP contribution >= 0.6 is 15.9 Å². The summed E-state index contributed by atoms with van der Waals surface area (Å²) in [5.74, 6) is 6.40. The SMILES string of the molecule is BrCCC#Cc1ccccc1-c1ccccc1. The number of hydrogen-bond donors (Lipinski definition) is 0. The van der Waals surface area contributed by atoms with E-state index >= 15 is 0 Å². The normalized spacial score (nSPS) is 9.47. The highest BCUT2D eigenvalue weighted by molar-refractivity contribution is 9.09. The lowest BCUT2D eigenvalue weighted by molar-refractivity contribution is 1.32. The first-order chi connectivity index (χ1) is 8.42. The molecule has 0 nitrogen and oxygen atoms in total. The summed E-state index contributed by atoms with van der Waals surface area (Å²) in [5, 5.41) is 0.924. The zero-order chi connectivity index (χ0) is 11.9. The Morgan fingerprint density at radius 1 is 0.882 bits per heavy atom. The van der Waals surface area contributed by atoms with E-state index in [4.69, 9.17) is 0 Å². The van der Waals surface area contributed by atoms with Crippen LogP contribution in [0, 0.1) is 11.8 Å². The molecule has 0 saturated carbocycles. The molecule has 0 aliphatic rings. The van der Waals surface area contributed by atoms with E-state index in [2.05, 4.69) is 70.2 Å². The lowest BCUT2D eigenvalue weighted by atomic mass is 10.00. The van der Waals surface area contributed by atoms with Crippen molar-refractivity contribution in [2.24, 2.45) is 0 Å². The van der Waals surface area contributed by atoms with Gasteiger partial charge in [0.15, 0.2) is 0 Å². The van der Waals surface area contributed by atoms with Crippen molar-refractivity contribution < 1.29 is 0 Å². The average Bonchev–Trinajstić information content (AvgIpc) is 2.41. The number of hydrogen-bond acceptors (Lipinski definition) is 0. The Morgan fingerprint density at radius 3 is 2.35 bits per heavy atom. The predicted molar refractivity (Wildman–Crippen MR) is 77.2 cm³/mol. The van der Waals surface area contributed by atoms with Gasteiger partial charge in [-0.1, -0.05) is 76.3 Å². The summed E-state index contributed by atoms with van der Waals surface area (Å²) in [7, 11) is 0. The highest BCUT2D eigenvalue weighted by Gasteiger charge is 2.00. The molecule has 2 rings (SSSR count). The fourth-order valence-corrected chi connectivity index (χ4v) is 1.86. The molecule has 0 aromatic heterocycles. The van der Waals surface area contributed by atoms with Gasteiger partial charge in [0.25, 0.3) is 0 Å². The van der Waals surface area contributed by atoms with E-state index in [0.29, 0.717) is 0 Å². The minimum atomic E-state index is 0.878. The first kappa shape index (κ1) is 12.0. The Balaban J connectivity index is 2.39. The Hall–Kier alpha value is -1.52. The fourth-order valence-electron chi connectivity index (χ4n) is 1.67. The molecule has 0 unspecified atom stereocenters. The van der Waals surface area contributed by atoms with Gasteiger partial charge < -0.3 is 0 Å². The van der Waals surface area contributed by atoms with E-state index in [0.717, 1.165) is 17.3 Å². The molecule has 84 valence electrons. The lowest BCUT2D eigenvalue weighted by Gasteiger charge is -2.03. The molecule has 0 amide bonds. The van der Waals surface area contributed by atoms with Gasteiger partial charge in [0.2, 0.25) is 0 Å². The van der Waals surface area contributed by atoms with Crippen LogP contribution in [-0.4, -0.2) is 5.33 Å².